The van der Waals surface area contributed by atoms with Gasteiger partial charge in [-0.05, 0) is 106 Å². The Kier molecular flexibility index (Phi) is 8.87. The molecule has 4 aromatic rings. The van der Waals surface area contributed by atoms with E-state index in [1.165, 1.54) is 9.78 Å². The fourth-order valence-corrected chi connectivity index (χ4v) is 4.16. The van der Waals surface area contributed by atoms with E-state index in [0.717, 1.165) is 21.2 Å². The quantitative estimate of drug-likeness (QED) is 0.113. The van der Waals surface area contributed by atoms with Crippen LogP contribution in [0.2, 0.25) is 0 Å². The molecule has 0 unspecified atom stereocenters. The third-order valence-corrected chi connectivity index (χ3v) is 6.47. The van der Waals surface area contributed by atoms with Gasteiger partial charge in [0, 0.05) is 19.0 Å². The molecule has 1 aromatic heterocycles. The minimum Gasteiger partial charge on any atom is -0.494 e. The Hall–Kier alpha value is -3.05. The lowest BCUT2D eigenvalue weighted by atomic mass is 10.2. The molecule has 1 N–H and O–H groups in total. The van der Waals surface area contributed by atoms with Crippen LogP contribution in [0.4, 0.5) is 0 Å². The third-order valence-electron chi connectivity index (χ3n) is 5.06. The van der Waals surface area contributed by atoms with Crippen molar-refractivity contribution in [1.82, 2.24) is 5.43 Å². The lowest BCUT2D eigenvalue weighted by Gasteiger charge is -2.14. The van der Waals surface area contributed by atoms with Crippen LogP contribution >= 0.6 is 38.5 Å². The Bertz CT molecular complexity index is 1390. The van der Waals surface area contributed by atoms with E-state index < -0.39 is 5.91 Å². The third kappa shape index (κ3) is 6.58. The van der Waals surface area contributed by atoms with Gasteiger partial charge in [-0.1, -0.05) is 12.1 Å². The first-order valence-electron chi connectivity index (χ1n) is 11.3. The number of hydrogen-bond acceptors (Lipinski definition) is 6. The van der Waals surface area contributed by atoms with Crippen LogP contribution in [0.3, 0.4) is 0 Å². The summed E-state index contributed by atoms with van der Waals surface area (Å²) in [5.74, 6) is 1.61. The molecular weight excluding hydrogens is 639 g/mol. The number of benzene rings is 3. The van der Waals surface area contributed by atoms with Gasteiger partial charge in [-0.15, -0.1) is 0 Å². The van der Waals surface area contributed by atoms with Crippen LogP contribution < -0.4 is 19.6 Å². The number of nitrogens with one attached hydrogen (secondary N) is 1. The van der Waals surface area contributed by atoms with Gasteiger partial charge in [-0.3, -0.25) is 4.79 Å². The van der Waals surface area contributed by atoms with Gasteiger partial charge in [0.2, 0.25) is 0 Å². The summed E-state index contributed by atoms with van der Waals surface area (Å²) in [7, 11) is 0. The molecule has 0 aliphatic carbocycles. The normalized spacial score (nSPS) is 11.1. The van der Waals surface area contributed by atoms with Gasteiger partial charge < -0.3 is 18.6 Å². The molecule has 1 heterocycles. The number of ether oxygens (including phenoxy) is 3. The summed E-state index contributed by atoms with van der Waals surface area (Å²) in [6, 6.07) is 18.8. The van der Waals surface area contributed by atoms with E-state index in [0.29, 0.717) is 42.5 Å². The maximum Gasteiger partial charge on any atom is 0.307 e. The molecule has 0 saturated carbocycles. The molecule has 0 radical (unpaired) electrons. The maximum absolute atomic E-state index is 12.6. The van der Waals surface area contributed by atoms with Gasteiger partial charge in [0.1, 0.15) is 17.9 Å². The number of amides is 1. The lowest BCUT2D eigenvalue weighted by molar-refractivity contribution is 0.0929. The first-order valence-corrected chi connectivity index (χ1v) is 13.2. The summed E-state index contributed by atoms with van der Waals surface area (Å²) < 4.78 is 24.8. The fourth-order valence-electron chi connectivity index (χ4n) is 3.38. The highest BCUT2D eigenvalue weighted by atomic mass is 127. The Balaban J connectivity index is 1.45. The highest BCUT2D eigenvalue weighted by Gasteiger charge is 2.13. The zero-order valence-electron chi connectivity index (χ0n) is 19.7. The van der Waals surface area contributed by atoms with Gasteiger partial charge in [-0.2, -0.15) is 5.10 Å². The minimum atomic E-state index is -0.459. The van der Waals surface area contributed by atoms with Gasteiger partial charge in [-0.25, -0.2) is 5.43 Å². The van der Waals surface area contributed by atoms with Crippen molar-refractivity contribution in [2.75, 3.05) is 13.2 Å². The molecule has 7 nitrogen and oxygen atoms in total. The predicted octanol–water partition coefficient (Wildman–Crippen LogP) is 6.94. The molecule has 0 atom stereocenters. The Morgan fingerprint density at radius 3 is 2.50 bits per heavy atom. The van der Waals surface area contributed by atoms with Crippen LogP contribution in [0, 0.1) is 3.57 Å². The summed E-state index contributed by atoms with van der Waals surface area (Å²) in [6.45, 7) is 5.27. The van der Waals surface area contributed by atoms with Crippen molar-refractivity contribution in [3.63, 3.8) is 0 Å². The number of rotatable bonds is 10. The smallest absolute Gasteiger partial charge is 0.307 e. The molecule has 9 heteroatoms. The standard InChI is InChI=1S/C27H24BrIN2O5/c1-3-33-21-9-10-23-18(11-21)12-26(36-23)27(32)31-30-15-19-13-24(34-4-2)25(14-22(19)28)35-16-17-5-7-20(29)8-6-17/h5-15H,3-4,16H2,1-2H3,(H,31,32)/b30-15+. The van der Waals surface area contributed by atoms with Crippen molar-refractivity contribution in [3.8, 4) is 17.2 Å². The summed E-state index contributed by atoms with van der Waals surface area (Å²) in [5, 5.41) is 4.87. The molecule has 0 aliphatic heterocycles. The topological polar surface area (TPSA) is 82.3 Å². The summed E-state index contributed by atoms with van der Waals surface area (Å²) >= 11 is 5.82. The van der Waals surface area contributed by atoms with Crippen LogP contribution in [0.25, 0.3) is 11.0 Å². The Labute approximate surface area is 231 Å². The average Bonchev–Trinajstić information content (AvgIpc) is 3.30. The summed E-state index contributed by atoms with van der Waals surface area (Å²) in [6.07, 6.45) is 1.53. The monoisotopic (exact) mass is 662 g/mol. The number of furan rings is 1. The van der Waals surface area contributed by atoms with Gasteiger partial charge in [0.15, 0.2) is 17.3 Å². The number of carbonyl (C=O) groups is 1. The van der Waals surface area contributed by atoms with Gasteiger partial charge >= 0.3 is 5.91 Å². The van der Waals surface area contributed by atoms with Crippen LogP contribution in [-0.4, -0.2) is 25.3 Å². The first-order chi connectivity index (χ1) is 17.5. The second-order valence-corrected chi connectivity index (χ2v) is 9.71. The van der Waals surface area contributed by atoms with E-state index in [9.17, 15) is 4.79 Å². The van der Waals surface area contributed by atoms with Crippen molar-refractivity contribution in [2.45, 2.75) is 20.5 Å². The highest BCUT2D eigenvalue weighted by Crippen LogP contribution is 2.34. The van der Waals surface area contributed by atoms with Crippen molar-refractivity contribution in [3.05, 3.63) is 85.6 Å². The van der Waals surface area contributed by atoms with Crippen LogP contribution in [0.1, 0.15) is 35.5 Å². The molecule has 186 valence electrons. The largest absolute Gasteiger partial charge is 0.494 e. The Morgan fingerprint density at radius 2 is 1.75 bits per heavy atom. The molecule has 3 aromatic carbocycles. The Morgan fingerprint density at radius 1 is 1.00 bits per heavy atom. The average molecular weight is 663 g/mol. The fraction of sp³-hybridized carbons (Fsp3) is 0.185. The number of nitrogens with zero attached hydrogens (tertiary/aromatic N) is 1. The van der Waals surface area contributed by atoms with Crippen LogP contribution in [-0.2, 0) is 6.61 Å². The van der Waals surface area contributed by atoms with Crippen molar-refractivity contribution in [2.24, 2.45) is 5.10 Å². The van der Waals surface area contributed by atoms with E-state index in [1.54, 1.807) is 18.2 Å². The molecule has 0 spiro atoms. The van der Waals surface area contributed by atoms with Gasteiger partial charge in [0.05, 0.1) is 19.4 Å². The SMILES string of the molecule is CCOc1ccc2oc(C(=O)N/N=C/c3cc(OCC)c(OCc4ccc(I)cc4)cc3Br)cc2c1. The second-order valence-electron chi connectivity index (χ2n) is 7.61. The molecule has 0 fully saturated rings. The number of carbonyl (C=O) groups excluding carboxylic acids is 1. The van der Waals surface area contributed by atoms with Crippen LogP contribution in [0.5, 0.6) is 17.2 Å². The second kappa shape index (κ2) is 12.3. The zero-order chi connectivity index (χ0) is 25.5. The molecule has 36 heavy (non-hydrogen) atoms. The number of hydrogen-bond donors (Lipinski definition) is 1. The molecule has 0 aliphatic rings. The molecule has 0 bridgehead atoms. The zero-order valence-corrected chi connectivity index (χ0v) is 23.5. The predicted molar refractivity (Wildman–Crippen MR) is 151 cm³/mol. The number of halogens is 2. The van der Waals surface area contributed by atoms with E-state index >= 15 is 0 Å². The van der Waals surface area contributed by atoms with E-state index in [4.69, 9.17) is 18.6 Å². The number of hydrazone groups is 1. The molecular formula is C27H24BrIN2O5. The van der Waals surface area contributed by atoms with E-state index in [1.807, 2.05) is 56.3 Å². The van der Waals surface area contributed by atoms with Crippen molar-refractivity contribution in [1.29, 1.82) is 0 Å². The summed E-state index contributed by atoms with van der Waals surface area (Å²) in [4.78, 5) is 12.6. The molecule has 4 rings (SSSR count). The van der Waals surface area contributed by atoms with E-state index in [2.05, 4.69) is 49.0 Å². The van der Waals surface area contributed by atoms with Crippen LogP contribution in [0.15, 0.2) is 74.7 Å². The first kappa shape index (κ1) is 26.0. The van der Waals surface area contributed by atoms with E-state index in [-0.39, 0.29) is 5.76 Å². The highest BCUT2D eigenvalue weighted by molar-refractivity contribution is 14.1. The number of fused-ring (bicyclic) bond motifs is 1. The van der Waals surface area contributed by atoms with Gasteiger partial charge in [0.25, 0.3) is 0 Å². The lowest BCUT2D eigenvalue weighted by Crippen LogP contribution is -2.16. The molecule has 0 saturated heterocycles. The maximum atomic E-state index is 12.6. The molecule has 1 amide bonds. The van der Waals surface area contributed by atoms with Crippen molar-refractivity contribution >= 4 is 61.6 Å². The van der Waals surface area contributed by atoms with Crippen molar-refractivity contribution < 1.29 is 23.4 Å². The summed E-state index contributed by atoms with van der Waals surface area (Å²) in [5.41, 5.74) is 4.87. The minimum absolute atomic E-state index is 0.157.